The van der Waals surface area contributed by atoms with Gasteiger partial charge in [0, 0.05) is 5.75 Å². The number of rotatable bonds is 5. The Morgan fingerprint density at radius 3 is 3.00 bits per heavy atom. The van der Waals surface area contributed by atoms with Crippen LogP contribution in [0.5, 0.6) is 0 Å². The molecule has 1 rings (SSSR count). The normalized spacial score (nSPS) is 10.4. The van der Waals surface area contributed by atoms with Crippen LogP contribution in [0.15, 0.2) is 4.34 Å². The molecule has 0 aliphatic rings. The van der Waals surface area contributed by atoms with Crippen molar-refractivity contribution in [3.63, 3.8) is 0 Å². The molecule has 0 unspecified atom stereocenters. The first-order chi connectivity index (χ1) is 5.83. The predicted molar refractivity (Wildman–Crippen MR) is 53.6 cm³/mol. The fourth-order valence-corrected chi connectivity index (χ4v) is 2.33. The molecule has 0 aliphatic carbocycles. The lowest BCUT2D eigenvalue weighted by atomic mass is 10.5. The van der Waals surface area contributed by atoms with Gasteiger partial charge in [-0.3, -0.25) is 0 Å². The van der Waals surface area contributed by atoms with Gasteiger partial charge in [0.05, 0.1) is 0 Å². The third kappa shape index (κ3) is 3.38. The first-order valence-electron chi connectivity index (χ1n) is 3.69. The van der Waals surface area contributed by atoms with E-state index in [-0.39, 0.29) is 0 Å². The molecule has 1 aromatic heterocycles. The topological polar surface area (TPSA) is 63.8 Å². The van der Waals surface area contributed by atoms with Gasteiger partial charge in [0.2, 0.25) is 5.13 Å². The van der Waals surface area contributed by atoms with Crippen LogP contribution in [0.4, 0.5) is 5.13 Å². The number of hydrogen-bond donors (Lipinski definition) is 2. The maximum absolute atomic E-state index is 5.43. The Balaban J connectivity index is 2.15. The summed E-state index contributed by atoms with van der Waals surface area (Å²) < 4.78 is 0.962. The van der Waals surface area contributed by atoms with Crippen LogP contribution >= 0.6 is 23.1 Å². The highest BCUT2D eigenvalue weighted by molar-refractivity contribution is 8.01. The molecule has 1 heterocycles. The number of nitrogens with zero attached hydrogens (tertiary/aromatic N) is 2. The highest BCUT2D eigenvalue weighted by Crippen LogP contribution is 2.23. The maximum atomic E-state index is 5.43. The summed E-state index contributed by atoms with van der Waals surface area (Å²) >= 11 is 3.15. The molecule has 0 saturated heterocycles. The van der Waals surface area contributed by atoms with E-state index in [0.29, 0.717) is 5.13 Å². The van der Waals surface area contributed by atoms with Crippen LogP contribution in [0.3, 0.4) is 0 Å². The smallest absolute Gasteiger partial charge is 0.203 e. The van der Waals surface area contributed by atoms with Crippen molar-refractivity contribution in [1.82, 2.24) is 15.5 Å². The van der Waals surface area contributed by atoms with E-state index in [1.807, 2.05) is 7.05 Å². The van der Waals surface area contributed by atoms with E-state index in [0.717, 1.165) is 23.1 Å². The molecule has 0 atom stereocenters. The molecule has 6 heteroatoms. The van der Waals surface area contributed by atoms with Crippen molar-refractivity contribution in [3.05, 3.63) is 0 Å². The van der Waals surface area contributed by atoms with E-state index in [1.54, 1.807) is 11.8 Å². The second-order valence-corrected chi connectivity index (χ2v) is 4.56. The lowest BCUT2D eigenvalue weighted by molar-refractivity contribution is 0.777. The molecule has 68 valence electrons. The molecular formula is C6H12N4S2. The predicted octanol–water partition coefficient (Wildman–Crippen LogP) is 0.822. The second-order valence-electron chi connectivity index (χ2n) is 2.21. The van der Waals surface area contributed by atoms with E-state index in [1.165, 1.54) is 11.3 Å². The minimum absolute atomic E-state index is 0.547. The Kier molecular flexibility index (Phi) is 4.34. The molecule has 0 aromatic carbocycles. The summed E-state index contributed by atoms with van der Waals surface area (Å²) in [5, 5.41) is 11.3. The fourth-order valence-electron chi connectivity index (χ4n) is 0.687. The third-order valence-corrected chi connectivity index (χ3v) is 3.19. The van der Waals surface area contributed by atoms with Crippen LogP contribution in [0.25, 0.3) is 0 Å². The lowest BCUT2D eigenvalue weighted by Gasteiger charge is -1.95. The van der Waals surface area contributed by atoms with E-state index in [9.17, 15) is 0 Å². The van der Waals surface area contributed by atoms with Crippen molar-refractivity contribution in [1.29, 1.82) is 0 Å². The summed E-state index contributed by atoms with van der Waals surface area (Å²) in [6.45, 7) is 1.04. The Morgan fingerprint density at radius 2 is 2.42 bits per heavy atom. The van der Waals surface area contributed by atoms with Crippen LogP contribution < -0.4 is 11.1 Å². The largest absolute Gasteiger partial charge is 0.374 e. The van der Waals surface area contributed by atoms with Crippen molar-refractivity contribution in [3.8, 4) is 0 Å². The molecule has 3 N–H and O–H groups in total. The molecule has 12 heavy (non-hydrogen) atoms. The number of anilines is 1. The van der Waals surface area contributed by atoms with Gasteiger partial charge in [0.25, 0.3) is 0 Å². The van der Waals surface area contributed by atoms with Crippen molar-refractivity contribution in [2.45, 2.75) is 10.8 Å². The molecular weight excluding hydrogens is 192 g/mol. The minimum Gasteiger partial charge on any atom is -0.374 e. The number of nitrogens with one attached hydrogen (secondary N) is 1. The van der Waals surface area contributed by atoms with Gasteiger partial charge >= 0.3 is 0 Å². The molecule has 0 bridgehead atoms. The van der Waals surface area contributed by atoms with Gasteiger partial charge in [-0.1, -0.05) is 23.1 Å². The van der Waals surface area contributed by atoms with Crippen molar-refractivity contribution >= 4 is 28.2 Å². The van der Waals surface area contributed by atoms with E-state index in [2.05, 4.69) is 15.5 Å². The van der Waals surface area contributed by atoms with Gasteiger partial charge < -0.3 is 11.1 Å². The number of thioether (sulfide) groups is 1. The van der Waals surface area contributed by atoms with Crippen molar-refractivity contribution in [2.75, 3.05) is 25.1 Å². The molecule has 0 amide bonds. The van der Waals surface area contributed by atoms with Crippen LogP contribution in [-0.2, 0) is 0 Å². The average Bonchev–Trinajstić information content (AvgIpc) is 2.45. The number of aromatic nitrogens is 2. The maximum Gasteiger partial charge on any atom is 0.203 e. The first kappa shape index (κ1) is 9.76. The zero-order chi connectivity index (χ0) is 8.81. The molecule has 0 saturated carbocycles. The zero-order valence-electron chi connectivity index (χ0n) is 6.91. The minimum atomic E-state index is 0.547. The Morgan fingerprint density at radius 1 is 1.58 bits per heavy atom. The van der Waals surface area contributed by atoms with E-state index in [4.69, 9.17) is 5.73 Å². The average molecular weight is 204 g/mol. The van der Waals surface area contributed by atoms with E-state index < -0.39 is 0 Å². The summed E-state index contributed by atoms with van der Waals surface area (Å²) in [7, 11) is 1.95. The van der Waals surface area contributed by atoms with Gasteiger partial charge in [0.15, 0.2) is 4.34 Å². The monoisotopic (exact) mass is 204 g/mol. The van der Waals surface area contributed by atoms with Crippen molar-refractivity contribution in [2.24, 2.45) is 0 Å². The summed E-state index contributed by atoms with van der Waals surface area (Å²) in [5.41, 5.74) is 5.43. The summed E-state index contributed by atoms with van der Waals surface area (Å²) in [4.78, 5) is 0. The number of hydrogen-bond acceptors (Lipinski definition) is 6. The fraction of sp³-hybridized carbons (Fsp3) is 0.667. The van der Waals surface area contributed by atoms with Crippen LogP contribution in [-0.4, -0.2) is 29.5 Å². The molecule has 4 nitrogen and oxygen atoms in total. The quantitative estimate of drug-likeness (QED) is 0.549. The third-order valence-electron chi connectivity index (χ3n) is 1.22. The van der Waals surface area contributed by atoms with Gasteiger partial charge in [-0.15, -0.1) is 10.2 Å². The van der Waals surface area contributed by atoms with Gasteiger partial charge in [-0.2, -0.15) is 0 Å². The van der Waals surface area contributed by atoms with Gasteiger partial charge in [-0.05, 0) is 20.0 Å². The lowest BCUT2D eigenvalue weighted by Crippen LogP contribution is -2.07. The molecule has 0 aliphatic heterocycles. The highest BCUT2D eigenvalue weighted by Gasteiger charge is 1.99. The Bertz CT molecular complexity index is 225. The van der Waals surface area contributed by atoms with Crippen LogP contribution in [0.2, 0.25) is 0 Å². The number of nitrogen functional groups attached to an aromatic ring is 1. The highest BCUT2D eigenvalue weighted by atomic mass is 32.2. The van der Waals surface area contributed by atoms with Gasteiger partial charge in [0.1, 0.15) is 0 Å². The first-order valence-corrected chi connectivity index (χ1v) is 5.49. The Hall–Kier alpha value is -0.330. The molecule has 0 fully saturated rings. The standard InChI is InChI=1S/C6H12N4S2/c1-8-3-2-4-11-6-10-9-5(7)12-6/h8H,2-4H2,1H3,(H2,7,9). The van der Waals surface area contributed by atoms with Crippen LogP contribution in [0.1, 0.15) is 6.42 Å². The van der Waals surface area contributed by atoms with Crippen LogP contribution in [0, 0.1) is 0 Å². The van der Waals surface area contributed by atoms with E-state index >= 15 is 0 Å². The SMILES string of the molecule is CNCCCSc1nnc(N)s1. The summed E-state index contributed by atoms with van der Waals surface area (Å²) in [6.07, 6.45) is 1.14. The van der Waals surface area contributed by atoms with Gasteiger partial charge in [-0.25, -0.2) is 0 Å². The molecule has 0 radical (unpaired) electrons. The molecule has 0 spiro atoms. The Labute approximate surface area is 80.0 Å². The zero-order valence-corrected chi connectivity index (χ0v) is 8.54. The summed E-state index contributed by atoms with van der Waals surface area (Å²) in [5.74, 6) is 1.06. The summed E-state index contributed by atoms with van der Waals surface area (Å²) in [6, 6.07) is 0. The van der Waals surface area contributed by atoms with Crippen molar-refractivity contribution < 1.29 is 0 Å². The number of nitrogens with two attached hydrogens (primary N) is 1. The molecule has 1 aromatic rings. The second kappa shape index (κ2) is 5.34.